The summed E-state index contributed by atoms with van der Waals surface area (Å²) in [6.07, 6.45) is 0. The normalized spacial score (nSPS) is 20.4. The van der Waals surface area contributed by atoms with Crippen LogP contribution >= 0.6 is 11.3 Å². The summed E-state index contributed by atoms with van der Waals surface area (Å²) in [6.45, 7) is 10.5. The molecule has 0 radical (unpaired) electrons. The topological polar surface area (TPSA) is 15.3 Å². The molecule has 15 heavy (non-hydrogen) atoms. The molecule has 1 aromatic heterocycles. The summed E-state index contributed by atoms with van der Waals surface area (Å²) >= 11 is 1.90. The lowest BCUT2D eigenvalue weighted by Crippen LogP contribution is -2.44. The van der Waals surface area contributed by atoms with E-state index in [0.717, 1.165) is 13.1 Å². The fraction of sp³-hybridized carbons (Fsp3) is 0.667. The van der Waals surface area contributed by atoms with Gasteiger partial charge in [-0.3, -0.25) is 0 Å². The first-order valence-corrected chi connectivity index (χ1v) is 6.62. The van der Waals surface area contributed by atoms with Crippen LogP contribution in [-0.4, -0.2) is 37.6 Å². The van der Waals surface area contributed by atoms with Gasteiger partial charge in [0.05, 0.1) is 0 Å². The van der Waals surface area contributed by atoms with Crippen LogP contribution in [-0.2, 0) is 0 Å². The first-order valence-electron chi connectivity index (χ1n) is 5.74. The van der Waals surface area contributed by atoms with E-state index in [9.17, 15) is 0 Å². The molecular formula is C12H20N2S. The summed E-state index contributed by atoms with van der Waals surface area (Å²) < 4.78 is 0. The van der Waals surface area contributed by atoms with Gasteiger partial charge in [0.25, 0.3) is 0 Å². The molecule has 1 atom stereocenters. The minimum atomic E-state index is 0.683. The minimum Gasteiger partial charge on any atom is -0.314 e. The highest BCUT2D eigenvalue weighted by Gasteiger charge is 2.16. The average molecular weight is 224 g/mol. The molecule has 0 saturated carbocycles. The first kappa shape index (κ1) is 11.1. The number of thiophene rings is 1. The quantitative estimate of drug-likeness (QED) is 0.845. The van der Waals surface area contributed by atoms with Gasteiger partial charge in [0.1, 0.15) is 0 Å². The molecular weight excluding hydrogens is 204 g/mol. The molecule has 1 unspecified atom stereocenters. The van der Waals surface area contributed by atoms with Gasteiger partial charge in [-0.15, -0.1) is 11.3 Å². The Hall–Kier alpha value is -0.380. The van der Waals surface area contributed by atoms with Crippen molar-refractivity contribution in [2.24, 2.45) is 0 Å². The van der Waals surface area contributed by atoms with Crippen molar-refractivity contribution < 1.29 is 0 Å². The molecule has 1 fully saturated rings. The van der Waals surface area contributed by atoms with Crippen LogP contribution in [0.3, 0.4) is 0 Å². The number of hydrogen-bond acceptors (Lipinski definition) is 3. The van der Waals surface area contributed by atoms with Crippen LogP contribution in [0.2, 0.25) is 0 Å². The van der Waals surface area contributed by atoms with Crippen LogP contribution in [0, 0.1) is 6.92 Å². The van der Waals surface area contributed by atoms with Gasteiger partial charge in [0.15, 0.2) is 0 Å². The molecule has 0 aromatic carbocycles. The van der Waals surface area contributed by atoms with Gasteiger partial charge < -0.3 is 10.2 Å². The predicted octanol–water partition coefficient (Wildman–Crippen LogP) is 2.07. The van der Waals surface area contributed by atoms with E-state index in [1.165, 1.54) is 25.2 Å². The van der Waals surface area contributed by atoms with Gasteiger partial charge in [-0.05, 0) is 23.9 Å². The van der Waals surface area contributed by atoms with E-state index in [4.69, 9.17) is 0 Å². The summed E-state index contributed by atoms with van der Waals surface area (Å²) in [7, 11) is 0. The SMILES string of the molecule is Cc1ccsc1C(C)CN1CCNCC1. The van der Waals surface area contributed by atoms with Crippen molar-refractivity contribution >= 4 is 11.3 Å². The molecule has 0 aliphatic carbocycles. The zero-order valence-corrected chi connectivity index (χ0v) is 10.4. The molecule has 1 aromatic rings. The largest absolute Gasteiger partial charge is 0.314 e. The lowest BCUT2D eigenvalue weighted by Gasteiger charge is -2.29. The molecule has 1 N–H and O–H groups in total. The molecule has 2 heterocycles. The Morgan fingerprint density at radius 1 is 1.47 bits per heavy atom. The maximum Gasteiger partial charge on any atom is 0.0115 e. The van der Waals surface area contributed by atoms with Gasteiger partial charge in [-0.25, -0.2) is 0 Å². The number of hydrogen-bond donors (Lipinski definition) is 1. The summed E-state index contributed by atoms with van der Waals surface area (Å²) in [4.78, 5) is 4.13. The van der Waals surface area contributed by atoms with Crippen LogP contribution < -0.4 is 5.32 Å². The fourth-order valence-corrected chi connectivity index (χ4v) is 3.23. The van der Waals surface area contributed by atoms with E-state index in [0.29, 0.717) is 5.92 Å². The Kier molecular flexibility index (Phi) is 3.78. The zero-order chi connectivity index (χ0) is 10.7. The number of aryl methyl sites for hydroxylation is 1. The second kappa shape index (κ2) is 5.10. The van der Waals surface area contributed by atoms with Gasteiger partial charge in [-0.2, -0.15) is 0 Å². The second-order valence-corrected chi connectivity index (χ2v) is 5.37. The summed E-state index contributed by atoms with van der Waals surface area (Å²) in [5.74, 6) is 0.683. The third-order valence-electron chi connectivity index (χ3n) is 3.09. The summed E-state index contributed by atoms with van der Waals surface area (Å²) in [6, 6.07) is 2.23. The van der Waals surface area contributed by atoms with E-state index in [1.54, 1.807) is 4.88 Å². The monoisotopic (exact) mass is 224 g/mol. The highest BCUT2D eigenvalue weighted by Crippen LogP contribution is 2.26. The smallest absolute Gasteiger partial charge is 0.0115 e. The van der Waals surface area contributed by atoms with Gasteiger partial charge in [-0.1, -0.05) is 6.92 Å². The van der Waals surface area contributed by atoms with E-state index >= 15 is 0 Å². The highest BCUT2D eigenvalue weighted by atomic mass is 32.1. The third-order valence-corrected chi connectivity index (χ3v) is 4.34. The molecule has 1 saturated heterocycles. The lowest BCUT2D eigenvalue weighted by atomic mass is 10.1. The first-order chi connectivity index (χ1) is 7.27. The van der Waals surface area contributed by atoms with Gasteiger partial charge >= 0.3 is 0 Å². The summed E-state index contributed by atoms with van der Waals surface area (Å²) in [5.41, 5.74) is 1.46. The maximum atomic E-state index is 3.40. The molecule has 1 aliphatic rings. The lowest BCUT2D eigenvalue weighted by molar-refractivity contribution is 0.231. The van der Waals surface area contributed by atoms with E-state index in [2.05, 4.69) is 35.5 Å². The van der Waals surface area contributed by atoms with Crippen LogP contribution in [0.1, 0.15) is 23.3 Å². The molecule has 0 amide bonds. The molecule has 2 rings (SSSR count). The van der Waals surface area contributed by atoms with Crippen molar-refractivity contribution in [3.05, 3.63) is 21.9 Å². The number of piperazine rings is 1. The predicted molar refractivity (Wildman–Crippen MR) is 66.8 cm³/mol. The Balaban J connectivity index is 1.91. The third kappa shape index (κ3) is 2.80. The van der Waals surface area contributed by atoms with Crippen molar-refractivity contribution in [3.8, 4) is 0 Å². The van der Waals surface area contributed by atoms with E-state index in [1.807, 2.05) is 11.3 Å². The van der Waals surface area contributed by atoms with Crippen LogP contribution in [0.4, 0.5) is 0 Å². The van der Waals surface area contributed by atoms with Gasteiger partial charge in [0, 0.05) is 43.5 Å². The Morgan fingerprint density at radius 2 is 2.20 bits per heavy atom. The average Bonchev–Trinajstić information content (AvgIpc) is 2.66. The van der Waals surface area contributed by atoms with Crippen LogP contribution in [0.5, 0.6) is 0 Å². The number of rotatable bonds is 3. The standard InChI is InChI=1S/C12H20N2S/c1-10-3-8-15-12(10)11(2)9-14-6-4-13-5-7-14/h3,8,11,13H,4-7,9H2,1-2H3. The van der Waals surface area contributed by atoms with Gasteiger partial charge in [0.2, 0.25) is 0 Å². The maximum absolute atomic E-state index is 3.40. The number of nitrogens with one attached hydrogen (secondary N) is 1. The molecule has 0 spiro atoms. The van der Waals surface area contributed by atoms with E-state index < -0.39 is 0 Å². The van der Waals surface area contributed by atoms with Crippen molar-refractivity contribution in [2.45, 2.75) is 19.8 Å². The molecule has 1 aliphatic heterocycles. The fourth-order valence-electron chi connectivity index (χ4n) is 2.25. The van der Waals surface area contributed by atoms with Crippen molar-refractivity contribution in [1.29, 1.82) is 0 Å². The van der Waals surface area contributed by atoms with Crippen molar-refractivity contribution in [1.82, 2.24) is 10.2 Å². The van der Waals surface area contributed by atoms with Crippen molar-refractivity contribution in [3.63, 3.8) is 0 Å². The van der Waals surface area contributed by atoms with Crippen LogP contribution in [0.15, 0.2) is 11.4 Å². The molecule has 3 heteroatoms. The molecule has 84 valence electrons. The Morgan fingerprint density at radius 3 is 2.80 bits per heavy atom. The second-order valence-electron chi connectivity index (χ2n) is 4.42. The Bertz CT molecular complexity index is 302. The van der Waals surface area contributed by atoms with Crippen LogP contribution in [0.25, 0.3) is 0 Å². The Labute approximate surface area is 96.3 Å². The molecule has 0 bridgehead atoms. The summed E-state index contributed by atoms with van der Waals surface area (Å²) in [5, 5.41) is 5.60. The number of nitrogens with zero attached hydrogens (tertiary/aromatic N) is 1. The van der Waals surface area contributed by atoms with E-state index in [-0.39, 0.29) is 0 Å². The molecule has 2 nitrogen and oxygen atoms in total. The van der Waals surface area contributed by atoms with Crippen molar-refractivity contribution in [2.75, 3.05) is 32.7 Å². The minimum absolute atomic E-state index is 0.683. The highest BCUT2D eigenvalue weighted by molar-refractivity contribution is 7.10. The zero-order valence-electron chi connectivity index (χ0n) is 9.62.